The van der Waals surface area contributed by atoms with E-state index in [4.69, 9.17) is 45.4 Å². The van der Waals surface area contributed by atoms with Crippen LogP contribution in [0, 0.1) is 0 Å². The van der Waals surface area contributed by atoms with Gasteiger partial charge in [-0.25, -0.2) is 24.4 Å². The number of nitrogens with one attached hydrogen (secondary N) is 1. The van der Waals surface area contributed by atoms with Crippen molar-refractivity contribution in [2.45, 2.75) is 81.9 Å². The van der Waals surface area contributed by atoms with Gasteiger partial charge < -0.3 is 31.3 Å². The molecule has 1 spiro atoms. The second-order valence-corrected chi connectivity index (χ2v) is 12.7. The van der Waals surface area contributed by atoms with Crippen LogP contribution >= 0.6 is 0 Å². The van der Waals surface area contributed by atoms with E-state index in [9.17, 15) is 39.5 Å². The number of carboxylic acid groups (broad SMARTS) is 3. The number of anilines is 2. The average molecular weight is 796 g/mol. The van der Waals surface area contributed by atoms with Crippen molar-refractivity contribution in [2.75, 3.05) is 24.5 Å². The number of nitrogens with zero attached hydrogens (tertiary/aromatic N) is 3. The molecule has 1 aromatic heterocycles. The zero-order valence-corrected chi connectivity index (χ0v) is 29.2. The van der Waals surface area contributed by atoms with E-state index in [1.54, 1.807) is 0 Å². The van der Waals surface area contributed by atoms with Crippen LogP contribution in [0.1, 0.15) is 72.3 Å². The molecule has 3 aromatic rings. The van der Waals surface area contributed by atoms with Crippen LogP contribution in [0.25, 0.3) is 0 Å². The Morgan fingerprint density at radius 1 is 0.836 bits per heavy atom. The van der Waals surface area contributed by atoms with Crippen molar-refractivity contribution in [3.63, 3.8) is 0 Å². The predicted octanol–water partition coefficient (Wildman–Crippen LogP) is 6.64. The van der Waals surface area contributed by atoms with Crippen molar-refractivity contribution in [1.82, 2.24) is 15.3 Å². The first-order chi connectivity index (χ1) is 25.6. The third-order valence-electron chi connectivity index (χ3n) is 9.06. The number of hydrogen-bond acceptors (Lipinski definition) is 8. The molecule has 302 valence electrons. The number of aliphatic carboxylic acids is 3. The molecule has 1 atom stereocenters. The van der Waals surface area contributed by atoms with Gasteiger partial charge in [0.05, 0.1) is 0 Å². The Morgan fingerprint density at radius 3 is 1.84 bits per heavy atom. The number of aromatic nitrogens is 2. The van der Waals surface area contributed by atoms with Crippen molar-refractivity contribution in [3.8, 4) is 0 Å². The van der Waals surface area contributed by atoms with Gasteiger partial charge in [-0.15, -0.1) is 0 Å². The molecular weight excluding hydrogens is 757 g/mol. The van der Waals surface area contributed by atoms with Gasteiger partial charge in [0.15, 0.2) is 0 Å². The van der Waals surface area contributed by atoms with Gasteiger partial charge in [0.25, 0.3) is 0 Å². The van der Waals surface area contributed by atoms with E-state index >= 15 is 0 Å². The number of benzene rings is 2. The Hall–Kier alpha value is -4.98. The maximum absolute atomic E-state index is 10.6. The molecule has 0 bridgehead atoms. The highest BCUT2D eigenvalue weighted by molar-refractivity contribution is 5.76. The Labute approximate surface area is 308 Å². The number of rotatable bonds is 5. The number of fused-ring (bicyclic) bond motifs is 3. The van der Waals surface area contributed by atoms with Gasteiger partial charge in [0.2, 0.25) is 0 Å². The highest BCUT2D eigenvalue weighted by Crippen LogP contribution is 2.52. The quantitative estimate of drug-likeness (QED) is 0.175. The Morgan fingerprint density at radius 2 is 1.36 bits per heavy atom. The van der Waals surface area contributed by atoms with E-state index in [1.807, 2.05) is 0 Å². The maximum atomic E-state index is 10.6. The predicted molar refractivity (Wildman–Crippen MR) is 179 cm³/mol. The van der Waals surface area contributed by atoms with Gasteiger partial charge in [-0.3, -0.25) is 0 Å². The standard InChI is InChI=1S/C29H35N5.3C2HF3O2/c1-2-21-11-12-23-26(21)28(33-25(32-23)17-20-7-4-3-5-8-20)34-19-29(13-15-31-16-14-29)27-22(18-30)9-6-10-24(27)34;3*3-2(4,5)1(6)7/h3-10,21,31H,2,11-19,30H2,1H3;3*(H,6,7)/t21-;;;/m1.../s1. The van der Waals surface area contributed by atoms with E-state index in [0.717, 1.165) is 63.4 Å². The molecule has 0 unspecified atom stereocenters. The van der Waals surface area contributed by atoms with Gasteiger partial charge in [0, 0.05) is 41.9 Å². The molecule has 1 fully saturated rings. The summed E-state index contributed by atoms with van der Waals surface area (Å²) in [5, 5.41) is 25.0. The number of aryl methyl sites for hydroxylation is 1. The van der Waals surface area contributed by atoms with E-state index in [-0.39, 0.29) is 5.41 Å². The molecular formula is C35H38F9N5O6. The lowest BCUT2D eigenvalue weighted by atomic mass is 9.73. The van der Waals surface area contributed by atoms with E-state index in [2.05, 4.69) is 65.7 Å². The molecule has 1 saturated heterocycles. The summed E-state index contributed by atoms with van der Waals surface area (Å²) in [4.78, 5) is 39.7. The topological polar surface area (TPSA) is 179 Å². The first-order valence-corrected chi connectivity index (χ1v) is 16.7. The number of hydrogen-bond donors (Lipinski definition) is 5. The number of alkyl halides is 9. The Kier molecular flexibility index (Phi) is 14.6. The molecule has 20 heteroatoms. The SMILES string of the molecule is CC[C@@H]1CCc2nc(Cc3ccccc3)nc(N3CC4(CCNCC4)c4c(CN)cccc43)c21.O=C(O)C(F)(F)F.O=C(O)C(F)(F)F.O=C(O)C(F)(F)F. The molecule has 6 N–H and O–H groups in total. The zero-order chi connectivity index (χ0) is 41.4. The third-order valence-corrected chi connectivity index (χ3v) is 9.06. The lowest BCUT2D eigenvalue weighted by Gasteiger charge is -2.36. The first-order valence-electron chi connectivity index (χ1n) is 16.7. The van der Waals surface area contributed by atoms with Crippen LogP contribution in [0.5, 0.6) is 0 Å². The molecule has 2 aliphatic heterocycles. The molecule has 55 heavy (non-hydrogen) atoms. The number of piperidine rings is 1. The number of halogens is 9. The van der Waals surface area contributed by atoms with Crippen LogP contribution < -0.4 is 16.0 Å². The fourth-order valence-corrected chi connectivity index (χ4v) is 6.65. The molecule has 0 amide bonds. The summed E-state index contributed by atoms with van der Waals surface area (Å²) >= 11 is 0. The summed E-state index contributed by atoms with van der Waals surface area (Å²) in [5.74, 6) is -5.63. The van der Waals surface area contributed by atoms with Crippen molar-refractivity contribution in [1.29, 1.82) is 0 Å². The Balaban J connectivity index is 0.000000318. The number of carboxylic acids is 3. The van der Waals surface area contributed by atoms with Crippen LogP contribution in [-0.2, 0) is 39.2 Å². The molecule has 3 heterocycles. The summed E-state index contributed by atoms with van der Waals surface area (Å²) in [5.41, 5.74) is 14.4. The van der Waals surface area contributed by atoms with Crippen molar-refractivity contribution >= 4 is 29.4 Å². The van der Waals surface area contributed by atoms with Crippen molar-refractivity contribution in [3.05, 3.63) is 82.3 Å². The lowest BCUT2D eigenvalue weighted by molar-refractivity contribution is -0.193. The molecule has 2 aromatic carbocycles. The van der Waals surface area contributed by atoms with Crippen LogP contribution in [0.3, 0.4) is 0 Å². The van der Waals surface area contributed by atoms with Gasteiger partial charge in [-0.05, 0) is 73.9 Å². The first kappa shape index (κ1) is 44.4. The van der Waals surface area contributed by atoms with Crippen LogP contribution in [-0.4, -0.2) is 81.4 Å². The summed E-state index contributed by atoms with van der Waals surface area (Å²) in [6.45, 7) is 6.01. The number of carbonyl (C=O) groups is 3. The van der Waals surface area contributed by atoms with Gasteiger partial charge >= 0.3 is 36.4 Å². The Bertz CT molecular complexity index is 1740. The molecule has 0 saturated carbocycles. The highest BCUT2D eigenvalue weighted by Gasteiger charge is 2.47. The van der Waals surface area contributed by atoms with Crippen LogP contribution in [0.4, 0.5) is 51.0 Å². The molecule has 0 radical (unpaired) electrons. The van der Waals surface area contributed by atoms with Crippen LogP contribution in [0.15, 0.2) is 48.5 Å². The van der Waals surface area contributed by atoms with Gasteiger partial charge in [-0.2, -0.15) is 39.5 Å². The smallest absolute Gasteiger partial charge is 0.475 e. The minimum absolute atomic E-state index is 0.147. The number of nitrogens with two attached hydrogens (primary N) is 1. The molecule has 6 rings (SSSR count). The molecule has 11 nitrogen and oxygen atoms in total. The minimum atomic E-state index is -5.08. The maximum Gasteiger partial charge on any atom is 0.490 e. The fraction of sp³-hybridized carbons (Fsp3) is 0.457. The van der Waals surface area contributed by atoms with Crippen LogP contribution in [0.2, 0.25) is 0 Å². The van der Waals surface area contributed by atoms with E-state index in [0.29, 0.717) is 12.5 Å². The molecule has 3 aliphatic rings. The second-order valence-electron chi connectivity index (χ2n) is 12.7. The monoisotopic (exact) mass is 795 g/mol. The normalized spacial score (nSPS) is 17.0. The summed E-state index contributed by atoms with van der Waals surface area (Å²) < 4.78 is 95.2. The summed E-state index contributed by atoms with van der Waals surface area (Å²) in [6, 6.07) is 17.3. The zero-order valence-electron chi connectivity index (χ0n) is 29.2. The summed E-state index contributed by atoms with van der Waals surface area (Å²) in [6.07, 6.45) is -8.80. The third kappa shape index (κ3) is 11.5. The minimum Gasteiger partial charge on any atom is -0.475 e. The van der Waals surface area contributed by atoms with Gasteiger partial charge in [-0.1, -0.05) is 49.4 Å². The van der Waals surface area contributed by atoms with Crippen molar-refractivity contribution in [2.24, 2.45) is 5.73 Å². The highest BCUT2D eigenvalue weighted by atomic mass is 19.4. The van der Waals surface area contributed by atoms with Crippen molar-refractivity contribution < 1.29 is 69.2 Å². The summed E-state index contributed by atoms with van der Waals surface area (Å²) in [7, 11) is 0. The lowest BCUT2D eigenvalue weighted by Crippen LogP contribution is -2.43. The van der Waals surface area contributed by atoms with Gasteiger partial charge in [0.1, 0.15) is 11.6 Å². The average Bonchev–Trinajstić information content (AvgIpc) is 3.67. The molecule has 1 aliphatic carbocycles. The fourth-order valence-electron chi connectivity index (χ4n) is 6.65. The largest absolute Gasteiger partial charge is 0.490 e. The van der Waals surface area contributed by atoms with E-state index < -0.39 is 36.4 Å². The van der Waals surface area contributed by atoms with E-state index in [1.165, 1.54) is 40.1 Å². The second kappa shape index (κ2) is 18.1.